The van der Waals surface area contributed by atoms with Crippen LogP contribution in [0.5, 0.6) is 0 Å². The largest absolute Gasteiger partial charge is 0.308 e. The third kappa shape index (κ3) is 3.79. The van der Waals surface area contributed by atoms with Gasteiger partial charge in [-0.05, 0) is 73.8 Å². The fraction of sp³-hybridized carbons (Fsp3) is 0.545. The summed E-state index contributed by atoms with van der Waals surface area (Å²) >= 11 is 12.4. The highest BCUT2D eigenvalue weighted by Gasteiger charge is 2.51. The summed E-state index contributed by atoms with van der Waals surface area (Å²) < 4.78 is 15.5. The van der Waals surface area contributed by atoms with Gasteiger partial charge in [-0.25, -0.2) is 4.39 Å². The minimum absolute atomic E-state index is 0.0250. The van der Waals surface area contributed by atoms with Crippen molar-refractivity contribution >= 4 is 34.9 Å². The van der Waals surface area contributed by atoms with E-state index in [1.165, 1.54) is 49.3 Å². The van der Waals surface area contributed by atoms with E-state index in [9.17, 15) is 9.18 Å². The first-order chi connectivity index (χ1) is 13.9. The third-order valence-electron chi connectivity index (χ3n) is 7.06. The van der Waals surface area contributed by atoms with Gasteiger partial charge in [0.1, 0.15) is 10.8 Å². The number of anilines is 1. The number of amides is 1. The summed E-state index contributed by atoms with van der Waals surface area (Å²) in [6.45, 7) is 0.149. The first-order valence-corrected chi connectivity index (χ1v) is 11.1. The van der Waals surface area contributed by atoms with Gasteiger partial charge in [0.15, 0.2) is 5.82 Å². The Kier molecular flexibility index (Phi) is 4.86. The summed E-state index contributed by atoms with van der Waals surface area (Å²) in [5.74, 6) is 2.33. The van der Waals surface area contributed by atoms with Gasteiger partial charge in [-0.2, -0.15) is 5.10 Å². The molecule has 29 heavy (non-hydrogen) atoms. The molecule has 154 valence electrons. The van der Waals surface area contributed by atoms with E-state index >= 15 is 0 Å². The number of benzene rings is 1. The van der Waals surface area contributed by atoms with E-state index in [2.05, 4.69) is 10.4 Å². The smallest absolute Gasteiger partial charge is 0.226 e. The number of rotatable bonds is 5. The first-order valence-electron chi connectivity index (χ1n) is 10.3. The minimum Gasteiger partial charge on any atom is -0.308 e. The van der Waals surface area contributed by atoms with Gasteiger partial charge in [0.2, 0.25) is 5.91 Å². The Morgan fingerprint density at radius 3 is 2.41 bits per heavy atom. The number of carbonyl (C=O) groups excluding carboxylic acids is 1. The summed E-state index contributed by atoms with van der Waals surface area (Å²) in [6, 6.07) is 4.56. The number of carbonyl (C=O) groups is 1. The van der Waals surface area contributed by atoms with Crippen molar-refractivity contribution in [3.8, 4) is 0 Å². The van der Waals surface area contributed by atoms with Crippen LogP contribution in [0.1, 0.15) is 50.5 Å². The summed E-state index contributed by atoms with van der Waals surface area (Å²) in [6.07, 6.45) is 9.74. The average Bonchev–Trinajstić information content (AvgIpc) is 2.95. The maximum atomic E-state index is 14.0. The van der Waals surface area contributed by atoms with Crippen molar-refractivity contribution < 1.29 is 9.18 Å². The van der Waals surface area contributed by atoms with E-state index in [0.29, 0.717) is 27.8 Å². The van der Waals surface area contributed by atoms with Gasteiger partial charge in [0, 0.05) is 23.2 Å². The Hall–Kier alpha value is -1.59. The van der Waals surface area contributed by atoms with Gasteiger partial charge < -0.3 is 5.32 Å². The summed E-state index contributed by atoms with van der Waals surface area (Å²) in [7, 11) is 0. The third-order valence-corrected chi connectivity index (χ3v) is 7.69. The van der Waals surface area contributed by atoms with Crippen LogP contribution in [0.25, 0.3) is 0 Å². The number of nitrogens with one attached hydrogen (secondary N) is 1. The lowest BCUT2D eigenvalue weighted by atomic mass is 9.49. The normalized spacial score (nSPS) is 30.0. The molecule has 1 aromatic carbocycles. The van der Waals surface area contributed by atoms with Crippen LogP contribution in [0, 0.1) is 29.0 Å². The van der Waals surface area contributed by atoms with E-state index in [-0.39, 0.29) is 17.9 Å². The van der Waals surface area contributed by atoms with Crippen molar-refractivity contribution in [1.82, 2.24) is 9.78 Å². The van der Waals surface area contributed by atoms with Crippen LogP contribution < -0.4 is 5.32 Å². The number of hydrogen-bond acceptors (Lipinski definition) is 2. The van der Waals surface area contributed by atoms with Gasteiger partial charge >= 0.3 is 0 Å². The molecule has 1 N–H and O–H groups in total. The number of halogens is 3. The van der Waals surface area contributed by atoms with Crippen molar-refractivity contribution in [2.75, 3.05) is 5.32 Å². The van der Waals surface area contributed by atoms with E-state index in [0.717, 1.165) is 17.8 Å². The number of hydrogen-bond donors (Lipinski definition) is 1. The predicted molar refractivity (Wildman–Crippen MR) is 112 cm³/mol. The quantitative estimate of drug-likeness (QED) is 0.632. The van der Waals surface area contributed by atoms with Crippen LogP contribution in [0.4, 0.5) is 10.2 Å². The molecule has 7 heteroatoms. The zero-order valence-electron chi connectivity index (χ0n) is 16.1. The zero-order chi connectivity index (χ0) is 20.2. The standard InChI is InChI=1S/C22H24Cl2FN3O/c23-17-2-1-3-19(25)16(17)11-28-12-18(24)21(27-28)26-20(29)10-22-7-13-4-14(8-22)6-15(5-13)9-22/h1-3,12-15H,4-11H2,(H,26,27,29). The Bertz CT molecular complexity index is 902. The molecule has 0 spiro atoms. The molecule has 0 atom stereocenters. The van der Waals surface area contributed by atoms with Crippen LogP contribution in [0.3, 0.4) is 0 Å². The molecule has 4 nitrogen and oxygen atoms in total. The molecule has 4 aliphatic carbocycles. The predicted octanol–water partition coefficient (Wildman–Crippen LogP) is 5.92. The fourth-order valence-corrected chi connectivity index (χ4v) is 6.85. The Morgan fingerprint density at radius 1 is 1.14 bits per heavy atom. The molecule has 0 radical (unpaired) electrons. The highest BCUT2D eigenvalue weighted by molar-refractivity contribution is 6.33. The Labute approximate surface area is 179 Å². The number of aromatic nitrogens is 2. The van der Waals surface area contributed by atoms with Crippen LogP contribution in [-0.2, 0) is 11.3 Å². The highest BCUT2D eigenvalue weighted by atomic mass is 35.5. The van der Waals surface area contributed by atoms with Crippen LogP contribution >= 0.6 is 23.2 Å². The molecule has 2 aromatic rings. The van der Waals surface area contributed by atoms with Gasteiger partial charge in [-0.3, -0.25) is 9.48 Å². The summed E-state index contributed by atoms with van der Waals surface area (Å²) in [5.41, 5.74) is 0.508. The van der Waals surface area contributed by atoms with Crippen LogP contribution in [0.15, 0.2) is 24.4 Å². The number of nitrogens with zero attached hydrogens (tertiary/aromatic N) is 2. The van der Waals surface area contributed by atoms with E-state index in [1.807, 2.05) is 0 Å². The molecule has 1 amide bonds. The molecule has 0 unspecified atom stereocenters. The van der Waals surface area contributed by atoms with Crippen molar-refractivity contribution in [2.24, 2.45) is 23.2 Å². The van der Waals surface area contributed by atoms with Crippen LogP contribution in [-0.4, -0.2) is 15.7 Å². The summed E-state index contributed by atoms with van der Waals surface area (Å²) in [5, 5.41) is 7.92. The lowest BCUT2D eigenvalue weighted by Gasteiger charge is -2.56. The molecule has 4 saturated carbocycles. The van der Waals surface area contributed by atoms with Crippen LogP contribution in [0.2, 0.25) is 10.0 Å². The molecular formula is C22H24Cl2FN3O. The minimum atomic E-state index is -0.392. The van der Waals surface area contributed by atoms with Gasteiger partial charge in [0.05, 0.1) is 6.54 Å². The fourth-order valence-electron chi connectivity index (χ4n) is 6.43. The summed E-state index contributed by atoms with van der Waals surface area (Å²) in [4.78, 5) is 12.8. The average molecular weight is 436 g/mol. The van der Waals surface area contributed by atoms with E-state index in [4.69, 9.17) is 23.2 Å². The second-order valence-electron chi connectivity index (χ2n) is 9.37. The lowest BCUT2D eigenvalue weighted by Crippen LogP contribution is -2.47. The molecular weight excluding hydrogens is 412 g/mol. The van der Waals surface area contributed by atoms with Crippen molar-refractivity contribution in [3.05, 3.63) is 45.8 Å². The van der Waals surface area contributed by atoms with Gasteiger partial charge in [-0.1, -0.05) is 29.3 Å². The van der Waals surface area contributed by atoms with Gasteiger partial charge in [-0.15, -0.1) is 0 Å². The van der Waals surface area contributed by atoms with Crippen molar-refractivity contribution in [1.29, 1.82) is 0 Å². The van der Waals surface area contributed by atoms with Gasteiger partial charge in [0.25, 0.3) is 0 Å². The molecule has 0 saturated heterocycles. The maximum absolute atomic E-state index is 14.0. The maximum Gasteiger partial charge on any atom is 0.226 e. The van der Waals surface area contributed by atoms with Crippen molar-refractivity contribution in [2.45, 2.75) is 51.5 Å². The first kappa shape index (κ1) is 19.4. The second-order valence-corrected chi connectivity index (χ2v) is 10.2. The molecule has 1 aromatic heterocycles. The van der Waals surface area contributed by atoms with E-state index < -0.39 is 5.82 Å². The second kappa shape index (κ2) is 7.28. The monoisotopic (exact) mass is 435 g/mol. The Balaban J connectivity index is 1.27. The molecule has 4 bridgehead atoms. The van der Waals surface area contributed by atoms with Crippen molar-refractivity contribution in [3.63, 3.8) is 0 Å². The zero-order valence-corrected chi connectivity index (χ0v) is 17.6. The Morgan fingerprint density at radius 2 is 1.79 bits per heavy atom. The van der Waals surface area contributed by atoms with E-state index in [1.54, 1.807) is 18.3 Å². The lowest BCUT2D eigenvalue weighted by molar-refractivity contribution is -0.124. The molecule has 4 aliphatic rings. The SMILES string of the molecule is O=C(CC12CC3CC(CC(C3)C1)C2)Nc1nn(Cc2c(F)cccc2Cl)cc1Cl. The topological polar surface area (TPSA) is 46.9 Å². The molecule has 0 aliphatic heterocycles. The highest BCUT2D eigenvalue weighted by Crippen LogP contribution is 2.61. The molecule has 1 heterocycles. The molecule has 6 rings (SSSR count). The molecule has 4 fully saturated rings.